The molecule has 34 heavy (non-hydrogen) atoms. The number of carbonyl (C=O) groups excluding carboxylic acids is 1. The van der Waals surface area contributed by atoms with Gasteiger partial charge in [-0.05, 0) is 61.6 Å². The molecule has 6 heteroatoms. The Kier molecular flexibility index (Phi) is 8.20. The topological polar surface area (TPSA) is 88.4 Å². The quantitative estimate of drug-likeness (QED) is 0.631. The van der Waals surface area contributed by atoms with Crippen molar-refractivity contribution in [3.8, 4) is 0 Å². The molecule has 6 nitrogen and oxygen atoms in total. The highest BCUT2D eigenvalue weighted by Crippen LogP contribution is 2.27. The normalized spacial score (nSPS) is 17.8. The summed E-state index contributed by atoms with van der Waals surface area (Å²) >= 11 is 0. The van der Waals surface area contributed by atoms with E-state index < -0.39 is 17.9 Å². The van der Waals surface area contributed by atoms with Gasteiger partial charge in [0.15, 0.2) is 0 Å². The van der Waals surface area contributed by atoms with Gasteiger partial charge in [0, 0.05) is 18.7 Å². The second kappa shape index (κ2) is 11.5. The Morgan fingerprint density at radius 1 is 0.971 bits per heavy atom. The van der Waals surface area contributed by atoms with Gasteiger partial charge >= 0.3 is 5.97 Å². The standard InChI is InChI=1S/C28H36N2O4/c31-26(29-24(28(33)34)17-20-11-5-3-6-12-20)23-18-22-15-9-1-2-10-16-25(22)30(27(23)32)19-21-13-7-4-8-14-21/h3,5-6,11-12,18,21,24H,1-2,4,7-10,13-17,19H2,(H,29,31)(H,33,34). The minimum absolute atomic E-state index is 0.0782. The second-order valence-electron chi connectivity index (χ2n) is 9.92. The van der Waals surface area contributed by atoms with Crippen molar-refractivity contribution in [1.82, 2.24) is 9.88 Å². The van der Waals surface area contributed by atoms with E-state index in [1.54, 1.807) is 6.07 Å². The Labute approximate surface area is 201 Å². The lowest BCUT2D eigenvalue weighted by Gasteiger charge is -2.27. The maximum atomic E-state index is 13.6. The molecule has 2 aliphatic carbocycles. The van der Waals surface area contributed by atoms with Crippen molar-refractivity contribution in [3.05, 3.63) is 69.1 Å². The molecule has 0 spiro atoms. The summed E-state index contributed by atoms with van der Waals surface area (Å²) in [6.07, 6.45) is 12.2. The number of hydrogen-bond donors (Lipinski definition) is 2. The average molecular weight is 465 g/mol. The van der Waals surface area contributed by atoms with Crippen LogP contribution in [0.3, 0.4) is 0 Å². The number of carboxylic acid groups (broad SMARTS) is 1. The molecular weight excluding hydrogens is 428 g/mol. The zero-order chi connectivity index (χ0) is 23.9. The van der Waals surface area contributed by atoms with E-state index in [2.05, 4.69) is 5.32 Å². The molecule has 1 fully saturated rings. The number of nitrogens with one attached hydrogen (secondary N) is 1. The summed E-state index contributed by atoms with van der Waals surface area (Å²) in [6.45, 7) is 0.661. The highest BCUT2D eigenvalue weighted by Gasteiger charge is 2.26. The number of aromatic nitrogens is 1. The zero-order valence-corrected chi connectivity index (χ0v) is 19.9. The number of fused-ring (bicyclic) bond motifs is 1. The van der Waals surface area contributed by atoms with Crippen molar-refractivity contribution in [1.29, 1.82) is 0 Å². The molecule has 0 saturated heterocycles. The Morgan fingerprint density at radius 2 is 1.65 bits per heavy atom. The summed E-state index contributed by atoms with van der Waals surface area (Å²) < 4.78 is 1.87. The summed E-state index contributed by atoms with van der Waals surface area (Å²) in [7, 11) is 0. The molecular formula is C28H36N2O4. The Balaban J connectivity index is 1.64. The molecule has 1 aromatic carbocycles. The van der Waals surface area contributed by atoms with E-state index in [1.165, 1.54) is 25.7 Å². The molecule has 2 aromatic rings. The summed E-state index contributed by atoms with van der Waals surface area (Å²) in [5.74, 6) is -1.23. The van der Waals surface area contributed by atoms with E-state index in [0.717, 1.165) is 61.8 Å². The first-order valence-electron chi connectivity index (χ1n) is 12.9. The lowest BCUT2D eigenvalue weighted by Crippen LogP contribution is -2.45. The first kappa shape index (κ1) is 24.2. The predicted molar refractivity (Wildman–Crippen MR) is 132 cm³/mol. The number of amides is 1. The van der Waals surface area contributed by atoms with Gasteiger partial charge in [-0.1, -0.05) is 62.4 Å². The van der Waals surface area contributed by atoms with Crippen LogP contribution in [0.2, 0.25) is 0 Å². The third-order valence-corrected chi connectivity index (χ3v) is 7.40. The third-order valence-electron chi connectivity index (χ3n) is 7.40. The Bertz CT molecular complexity index is 1050. The summed E-state index contributed by atoms with van der Waals surface area (Å²) in [4.78, 5) is 38.8. The van der Waals surface area contributed by atoms with Gasteiger partial charge in [0.05, 0.1) is 0 Å². The predicted octanol–water partition coefficient (Wildman–Crippen LogP) is 4.51. The number of rotatable bonds is 7. The number of carboxylic acids is 1. The van der Waals surface area contributed by atoms with Gasteiger partial charge in [-0.15, -0.1) is 0 Å². The van der Waals surface area contributed by atoms with E-state index >= 15 is 0 Å². The first-order chi connectivity index (χ1) is 16.5. The summed E-state index contributed by atoms with van der Waals surface area (Å²) in [5.41, 5.74) is 2.80. The second-order valence-corrected chi connectivity index (χ2v) is 9.92. The van der Waals surface area contributed by atoms with Crippen LogP contribution in [-0.4, -0.2) is 27.6 Å². The van der Waals surface area contributed by atoms with Gasteiger partial charge < -0.3 is 15.0 Å². The smallest absolute Gasteiger partial charge is 0.326 e. The summed E-state index contributed by atoms with van der Waals surface area (Å²) in [5, 5.41) is 12.4. The Hall–Kier alpha value is -2.89. The zero-order valence-electron chi connectivity index (χ0n) is 19.9. The van der Waals surface area contributed by atoms with Gasteiger partial charge in [0.2, 0.25) is 0 Å². The molecule has 1 amide bonds. The first-order valence-corrected chi connectivity index (χ1v) is 12.9. The molecule has 4 rings (SSSR count). The number of pyridine rings is 1. The largest absolute Gasteiger partial charge is 0.480 e. The number of hydrogen-bond acceptors (Lipinski definition) is 3. The monoisotopic (exact) mass is 464 g/mol. The molecule has 2 aliphatic rings. The number of nitrogens with zero attached hydrogens (tertiary/aromatic N) is 1. The van der Waals surface area contributed by atoms with Crippen LogP contribution in [0, 0.1) is 5.92 Å². The van der Waals surface area contributed by atoms with Gasteiger partial charge in [-0.2, -0.15) is 0 Å². The molecule has 1 aromatic heterocycles. The fourth-order valence-corrected chi connectivity index (χ4v) is 5.50. The fraction of sp³-hybridized carbons (Fsp3) is 0.536. The van der Waals surface area contributed by atoms with Crippen LogP contribution in [0.5, 0.6) is 0 Å². The van der Waals surface area contributed by atoms with Crippen molar-refractivity contribution in [3.63, 3.8) is 0 Å². The SMILES string of the molecule is O=C(NC(Cc1ccccc1)C(=O)O)c1cc2c(n(CC3CCCCC3)c1=O)CCCCCC2. The maximum Gasteiger partial charge on any atom is 0.326 e. The van der Waals surface area contributed by atoms with Crippen LogP contribution >= 0.6 is 0 Å². The minimum Gasteiger partial charge on any atom is -0.480 e. The van der Waals surface area contributed by atoms with E-state index in [4.69, 9.17) is 0 Å². The molecule has 1 unspecified atom stereocenters. The van der Waals surface area contributed by atoms with Crippen molar-refractivity contribution in [2.75, 3.05) is 0 Å². The maximum absolute atomic E-state index is 13.6. The van der Waals surface area contributed by atoms with Gasteiger partial charge in [-0.25, -0.2) is 4.79 Å². The van der Waals surface area contributed by atoms with Crippen molar-refractivity contribution in [2.45, 2.75) is 89.6 Å². The highest BCUT2D eigenvalue weighted by molar-refractivity contribution is 5.96. The van der Waals surface area contributed by atoms with Gasteiger partial charge in [0.25, 0.3) is 11.5 Å². The van der Waals surface area contributed by atoms with Crippen LogP contribution in [0.25, 0.3) is 0 Å². The molecule has 2 N–H and O–H groups in total. The van der Waals surface area contributed by atoms with Gasteiger partial charge in [-0.3, -0.25) is 9.59 Å². The number of carbonyl (C=O) groups is 2. The lowest BCUT2D eigenvalue weighted by molar-refractivity contribution is -0.139. The van der Waals surface area contributed by atoms with Crippen LogP contribution in [-0.2, 0) is 30.6 Å². The van der Waals surface area contributed by atoms with Gasteiger partial charge in [0.1, 0.15) is 11.6 Å². The molecule has 0 radical (unpaired) electrons. The van der Waals surface area contributed by atoms with Crippen LogP contribution in [0.1, 0.15) is 85.0 Å². The van der Waals surface area contributed by atoms with Crippen LogP contribution < -0.4 is 10.9 Å². The molecule has 0 bridgehead atoms. The molecule has 1 heterocycles. The molecule has 182 valence electrons. The number of benzene rings is 1. The van der Waals surface area contributed by atoms with Crippen LogP contribution in [0.4, 0.5) is 0 Å². The highest BCUT2D eigenvalue weighted by atomic mass is 16.4. The van der Waals surface area contributed by atoms with E-state index in [0.29, 0.717) is 12.5 Å². The number of aliphatic carboxylic acids is 1. The number of aryl methyl sites for hydroxylation is 1. The molecule has 1 atom stereocenters. The average Bonchev–Trinajstić information content (AvgIpc) is 2.82. The summed E-state index contributed by atoms with van der Waals surface area (Å²) in [6, 6.07) is 9.88. The van der Waals surface area contributed by atoms with E-state index in [1.807, 2.05) is 34.9 Å². The van der Waals surface area contributed by atoms with E-state index in [9.17, 15) is 19.5 Å². The van der Waals surface area contributed by atoms with Crippen molar-refractivity contribution >= 4 is 11.9 Å². The molecule has 1 saturated carbocycles. The third kappa shape index (κ3) is 5.96. The van der Waals surface area contributed by atoms with Crippen LogP contribution in [0.15, 0.2) is 41.2 Å². The fourth-order valence-electron chi connectivity index (χ4n) is 5.50. The molecule has 0 aliphatic heterocycles. The van der Waals surface area contributed by atoms with Crippen molar-refractivity contribution in [2.24, 2.45) is 5.92 Å². The lowest BCUT2D eigenvalue weighted by atomic mass is 9.88. The Morgan fingerprint density at radius 3 is 2.35 bits per heavy atom. The minimum atomic E-state index is -1.11. The van der Waals surface area contributed by atoms with E-state index in [-0.39, 0.29) is 17.5 Å². The van der Waals surface area contributed by atoms with Crippen molar-refractivity contribution < 1.29 is 14.7 Å².